The average Bonchev–Trinajstić information content (AvgIpc) is 3.49. The number of hydrogen-bond acceptors (Lipinski definition) is 4. The van der Waals surface area contributed by atoms with Crippen LogP contribution in [0.3, 0.4) is 0 Å². The van der Waals surface area contributed by atoms with E-state index < -0.39 is 16.4 Å². The third-order valence-electron chi connectivity index (χ3n) is 5.82. The molecule has 0 spiro atoms. The molecule has 1 heterocycles. The minimum Gasteiger partial charge on any atom is -0.454 e. The van der Waals surface area contributed by atoms with Gasteiger partial charge in [0, 0.05) is 5.69 Å². The summed E-state index contributed by atoms with van der Waals surface area (Å²) in [7, 11) is 0.447. The van der Waals surface area contributed by atoms with Crippen molar-refractivity contribution in [3.8, 4) is 22.6 Å². The quantitative estimate of drug-likeness (QED) is 0.615. The maximum atomic E-state index is 13.2. The van der Waals surface area contributed by atoms with Gasteiger partial charge in [-0.1, -0.05) is 30.3 Å². The van der Waals surface area contributed by atoms with E-state index in [0.29, 0.717) is 5.75 Å². The number of hydrogen-bond donors (Lipinski definition) is 2. The second-order valence-corrected chi connectivity index (χ2v) is 9.10. The van der Waals surface area contributed by atoms with Gasteiger partial charge in [0.1, 0.15) is 11.0 Å². The smallest absolute Gasteiger partial charge is 0.235 e. The lowest BCUT2D eigenvalue weighted by Gasteiger charge is -2.17. The highest BCUT2D eigenvalue weighted by molar-refractivity contribution is 7.83. The highest BCUT2D eigenvalue weighted by Gasteiger charge is 2.51. The van der Waals surface area contributed by atoms with Crippen molar-refractivity contribution in [2.24, 2.45) is 0 Å². The highest BCUT2D eigenvalue weighted by atomic mass is 32.2. The highest BCUT2D eigenvalue weighted by Crippen LogP contribution is 2.51. The molecule has 6 nitrogen and oxygen atoms in total. The molecule has 1 unspecified atom stereocenters. The van der Waals surface area contributed by atoms with Crippen molar-refractivity contribution in [3.05, 3.63) is 72.3 Å². The molecule has 2 aliphatic rings. The number of fused-ring (bicyclic) bond motifs is 1. The summed E-state index contributed by atoms with van der Waals surface area (Å²) in [4.78, 5) is 13.9. The van der Waals surface area contributed by atoms with Crippen LogP contribution in [0.2, 0.25) is 0 Å². The molecule has 1 saturated carbocycles. The van der Waals surface area contributed by atoms with Gasteiger partial charge in [0.25, 0.3) is 0 Å². The summed E-state index contributed by atoms with van der Waals surface area (Å²) in [5.74, 6) is 1.40. The van der Waals surface area contributed by atoms with Crippen LogP contribution in [0.25, 0.3) is 11.1 Å². The molecule has 7 heteroatoms. The van der Waals surface area contributed by atoms with Crippen LogP contribution in [0.1, 0.15) is 18.4 Å². The number of benzene rings is 3. The van der Waals surface area contributed by atoms with E-state index in [4.69, 9.17) is 9.47 Å². The Balaban J connectivity index is 1.35. The van der Waals surface area contributed by atoms with Crippen LogP contribution in [-0.2, 0) is 21.2 Å². The van der Waals surface area contributed by atoms with Gasteiger partial charge in [0.2, 0.25) is 12.7 Å². The summed E-state index contributed by atoms with van der Waals surface area (Å²) in [6.07, 6.45) is 1.62. The molecule has 1 aliphatic heterocycles. The molecule has 0 bridgehead atoms. The molecule has 3 aromatic carbocycles. The number of ether oxygens (including phenoxy) is 2. The van der Waals surface area contributed by atoms with Crippen molar-refractivity contribution < 1.29 is 18.5 Å². The van der Waals surface area contributed by atoms with Gasteiger partial charge in [-0.2, -0.15) is 0 Å². The van der Waals surface area contributed by atoms with Gasteiger partial charge in [-0.3, -0.25) is 4.79 Å². The maximum absolute atomic E-state index is 13.2. The molecule has 1 fully saturated rings. The van der Waals surface area contributed by atoms with Crippen LogP contribution in [0.15, 0.2) is 71.6 Å². The van der Waals surface area contributed by atoms with Gasteiger partial charge in [0.15, 0.2) is 11.5 Å². The molecule has 31 heavy (non-hydrogen) atoms. The minimum atomic E-state index is -1.21. The zero-order valence-corrected chi connectivity index (χ0v) is 17.8. The molecule has 0 aromatic heterocycles. The second kappa shape index (κ2) is 7.83. The Morgan fingerprint density at radius 2 is 1.71 bits per heavy atom. The standard InChI is InChI=1S/C24H22N2O4S/c1-25-31(28)20-8-5-16(6-9-20)17-3-2-4-19(13-17)26-23(27)24(11-12-24)18-7-10-21-22(14-18)30-15-29-21/h2-10,13-14,25H,11-12,15H2,1H3,(H,26,27). The van der Waals surface area contributed by atoms with Crippen molar-refractivity contribution in [1.82, 2.24) is 4.72 Å². The van der Waals surface area contributed by atoms with E-state index in [0.717, 1.165) is 45.9 Å². The minimum absolute atomic E-state index is 0.0109. The van der Waals surface area contributed by atoms with Crippen molar-refractivity contribution in [3.63, 3.8) is 0 Å². The van der Waals surface area contributed by atoms with Crippen LogP contribution >= 0.6 is 0 Å². The molecule has 3 aromatic rings. The Kier molecular flexibility index (Phi) is 5.00. The fourth-order valence-corrected chi connectivity index (χ4v) is 4.50. The third kappa shape index (κ3) is 3.71. The van der Waals surface area contributed by atoms with E-state index in [1.807, 2.05) is 66.7 Å². The van der Waals surface area contributed by atoms with Crippen LogP contribution < -0.4 is 19.5 Å². The molecule has 1 aliphatic carbocycles. The third-order valence-corrected chi connectivity index (χ3v) is 6.89. The molecule has 1 atom stereocenters. The first kappa shape index (κ1) is 19.8. The van der Waals surface area contributed by atoms with Crippen LogP contribution in [0, 0.1) is 0 Å². The van der Waals surface area contributed by atoms with Crippen LogP contribution in [0.4, 0.5) is 5.69 Å². The molecule has 2 N–H and O–H groups in total. The fraction of sp³-hybridized carbons (Fsp3) is 0.208. The van der Waals surface area contributed by atoms with Gasteiger partial charge < -0.3 is 14.8 Å². The Labute approximate surface area is 183 Å². The Hall–Kier alpha value is -3.16. The van der Waals surface area contributed by atoms with E-state index in [9.17, 15) is 9.00 Å². The number of carbonyl (C=O) groups excluding carboxylic acids is 1. The number of anilines is 1. The average molecular weight is 435 g/mol. The molecule has 0 radical (unpaired) electrons. The molecular weight excluding hydrogens is 412 g/mol. The summed E-state index contributed by atoms with van der Waals surface area (Å²) >= 11 is 0. The first-order valence-corrected chi connectivity index (χ1v) is 11.3. The second-order valence-electron chi connectivity index (χ2n) is 7.68. The first-order chi connectivity index (χ1) is 15.1. The fourth-order valence-electron chi connectivity index (χ4n) is 3.88. The van der Waals surface area contributed by atoms with Gasteiger partial charge >= 0.3 is 0 Å². The zero-order chi connectivity index (χ0) is 21.4. The van der Waals surface area contributed by atoms with Crippen LogP contribution in [-0.4, -0.2) is 24.0 Å². The normalized spacial score (nSPS) is 16.5. The number of amides is 1. The van der Waals surface area contributed by atoms with E-state index in [1.54, 1.807) is 7.05 Å². The molecule has 5 rings (SSSR count). The maximum Gasteiger partial charge on any atom is 0.235 e. The summed E-state index contributed by atoms with van der Waals surface area (Å²) in [5, 5.41) is 3.09. The molecule has 158 valence electrons. The lowest BCUT2D eigenvalue weighted by molar-refractivity contribution is -0.118. The van der Waals surface area contributed by atoms with E-state index in [-0.39, 0.29) is 12.7 Å². The van der Waals surface area contributed by atoms with Crippen molar-refractivity contribution in [2.45, 2.75) is 23.2 Å². The lowest BCUT2D eigenvalue weighted by atomic mass is 9.94. The van der Waals surface area contributed by atoms with Gasteiger partial charge in [-0.05, 0) is 73.0 Å². The number of carbonyl (C=O) groups is 1. The molecule has 0 saturated heterocycles. The lowest BCUT2D eigenvalue weighted by Crippen LogP contribution is -2.27. The zero-order valence-electron chi connectivity index (χ0n) is 17.0. The van der Waals surface area contributed by atoms with Gasteiger partial charge in [0.05, 0.1) is 10.3 Å². The number of nitrogens with one attached hydrogen (secondary N) is 2. The summed E-state index contributed by atoms with van der Waals surface area (Å²) < 4.78 is 25.4. The molecule has 1 amide bonds. The van der Waals surface area contributed by atoms with E-state index >= 15 is 0 Å². The van der Waals surface area contributed by atoms with Gasteiger partial charge in [-0.25, -0.2) is 8.93 Å². The van der Waals surface area contributed by atoms with E-state index in [2.05, 4.69) is 10.0 Å². The largest absolute Gasteiger partial charge is 0.454 e. The predicted molar refractivity (Wildman–Crippen MR) is 119 cm³/mol. The number of rotatable bonds is 6. The van der Waals surface area contributed by atoms with Crippen molar-refractivity contribution in [2.75, 3.05) is 19.2 Å². The topological polar surface area (TPSA) is 76.7 Å². The van der Waals surface area contributed by atoms with Crippen LogP contribution in [0.5, 0.6) is 11.5 Å². The van der Waals surface area contributed by atoms with Crippen molar-refractivity contribution >= 4 is 22.6 Å². The predicted octanol–water partition coefficient (Wildman–Crippen LogP) is 3.99. The Bertz CT molecular complexity index is 1170. The monoisotopic (exact) mass is 434 g/mol. The van der Waals surface area contributed by atoms with E-state index in [1.165, 1.54) is 0 Å². The SMILES string of the molecule is CNS(=O)c1ccc(-c2cccc(NC(=O)C3(c4ccc5c(c4)OCO5)CC3)c2)cc1. The Morgan fingerprint density at radius 3 is 2.45 bits per heavy atom. The summed E-state index contributed by atoms with van der Waals surface area (Å²) in [6.45, 7) is 0.219. The van der Waals surface area contributed by atoms with Crippen molar-refractivity contribution in [1.29, 1.82) is 0 Å². The Morgan fingerprint density at radius 1 is 0.935 bits per heavy atom. The molecular formula is C24H22N2O4S. The van der Waals surface area contributed by atoms with Gasteiger partial charge in [-0.15, -0.1) is 0 Å². The first-order valence-electron chi connectivity index (χ1n) is 10.1. The summed E-state index contributed by atoms with van der Waals surface area (Å²) in [6, 6.07) is 21.0. The summed E-state index contributed by atoms with van der Waals surface area (Å²) in [5.41, 5.74) is 3.16.